The molecule has 5 heteroatoms. The van der Waals surface area contributed by atoms with Crippen molar-refractivity contribution in [2.24, 2.45) is 0 Å². The van der Waals surface area contributed by atoms with E-state index >= 15 is 0 Å². The fourth-order valence-corrected chi connectivity index (χ4v) is 1.57. The molecule has 0 spiro atoms. The fourth-order valence-electron chi connectivity index (χ4n) is 1.57. The Kier molecular flexibility index (Phi) is 4.65. The SMILES string of the molecule is CCOC(=O)c1ccc(OCc2ccccc2F)nc1. The van der Waals surface area contributed by atoms with Crippen molar-refractivity contribution in [2.45, 2.75) is 13.5 Å². The summed E-state index contributed by atoms with van der Waals surface area (Å²) in [5.74, 6) is -0.433. The van der Waals surface area contributed by atoms with Crippen LogP contribution in [0.15, 0.2) is 42.6 Å². The zero-order chi connectivity index (χ0) is 14.4. The predicted octanol–water partition coefficient (Wildman–Crippen LogP) is 2.98. The summed E-state index contributed by atoms with van der Waals surface area (Å²) < 4.78 is 23.6. The molecule has 0 unspecified atom stereocenters. The van der Waals surface area contributed by atoms with E-state index in [2.05, 4.69) is 4.98 Å². The molecular formula is C15H14FNO3. The summed E-state index contributed by atoms with van der Waals surface area (Å²) in [6.07, 6.45) is 1.37. The minimum absolute atomic E-state index is 0.0818. The molecule has 0 N–H and O–H groups in total. The van der Waals surface area contributed by atoms with Crippen LogP contribution in [0.25, 0.3) is 0 Å². The monoisotopic (exact) mass is 275 g/mol. The van der Waals surface area contributed by atoms with Gasteiger partial charge in [-0.1, -0.05) is 18.2 Å². The number of benzene rings is 1. The van der Waals surface area contributed by atoms with Crippen molar-refractivity contribution in [3.63, 3.8) is 0 Å². The molecule has 4 nitrogen and oxygen atoms in total. The first-order valence-electron chi connectivity index (χ1n) is 6.20. The first kappa shape index (κ1) is 14.0. The number of aromatic nitrogens is 1. The topological polar surface area (TPSA) is 48.4 Å². The van der Waals surface area contributed by atoms with Crippen LogP contribution in [-0.2, 0) is 11.3 Å². The van der Waals surface area contributed by atoms with Crippen molar-refractivity contribution < 1.29 is 18.7 Å². The molecule has 2 rings (SSSR count). The second-order valence-electron chi connectivity index (χ2n) is 3.99. The molecule has 0 radical (unpaired) electrons. The average molecular weight is 275 g/mol. The Bertz CT molecular complexity index is 584. The Labute approximate surface area is 116 Å². The third-order valence-corrected chi connectivity index (χ3v) is 2.58. The van der Waals surface area contributed by atoms with E-state index in [1.807, 2.05) is 0 Å². The summed E-state index contributed by atoms with van der Waals surface area (Å²) in [4.78, 5) is 15.4. The van der Waals surface area contributed by atoms with Gasteiger partial charge in [-0.05, 0) is 19.1 Å². The molecule has 0 aliphatic heterocycles. The van der Waals surface area contributed by atoms with Crippen molar-refractivity contribution in [1.29, 1.82) is 0 Å². The molecule has 0 atom stereocenters. The molecule has 0 saturated heterocycles. The first-order chi connectivity index (χ1) is 9.70. The highest BCUT2D eigenvalue weighted by Gasteiger charge is 2.07. The first-order valence-corrected chi connectivity index (χ1v) is 6.20. The lowest BCUT2D eigenvalue weighted by atomic mass is 10.2. The van der Waals surface area contributed by atoms with Crippen LogP contribution in [0.3, 0.4) is 0 Å². The molecular weight excluding hydrogens is 261 g/mol. The van der Waals surface area contributed by atoms with E-state index in [4.69, 9.17) is 9.47 Å². The van der Waals surface area contributed by atoms with Crippen LogP contribution in [0.4, 0.5) is 4.39 Å². The largest absolute Gasteiger partial charge is 0.473 e. The summed E-state index contributed by atoms with van der Waals surface area (Å²) in [6, 6.07) is 9.47. The van der Waals surface area contributed by atoms with E-state index in [0.717, 1.165) is 0 Å². The van der Waals surface area contributed by atoms with Crippen molar-refractivity contribution in [2.75, 3.05) is 6.61 Å². The fraction of sp³-hybridized carbons (Fsp3) is 0.200. The number of rotatable bonds is 5. The number of hydrogen-bond acceptors (Lipinski definition) is 4. The lowest BCUT2D eigenvalue weighted by molar-refractivity contribution is 0.0526. The van der Waals surface area contributed by atoms with E-state index in [0.29, 0.717) is 23.6 Å². The average Bonchev–Trinajstić information content (AvgIpc) is 2.47. The van der Waals surface area contributed by atoms with Gasteiger partial charge in [0.1, 0.15) is 12.4 Å². The van der Waals surface area contributed by atoms with E-state index in [-0.39, 0.29) is 12.4 Å². The number of nitrogens with zero attached hydrogens (tertiary/aromatic N) is 1. The van der Waals surface area contributed by atoms with Gasteiger partial charge in [-0.3, -0.25) is 0 Å². The summed E-state index contributed by atoms with van der Waals surface area (Å²) in [5, 5.41) is 0. The van der Waals surface area contributed by atoms with Gasteiger partial charge in [0.25, 0.3) is 0 Å². The maximum absolute atomic E-state index is 13.4. The number of esters is 1. The number of hydrogen-bond donors (Lipinski definition) is 0. The summed E-state index contributed by atoms with van der Waals surface area (Å²) in [6.45, 7) is 2.13. The number of carbonyl (C=O) groups is 1. The number of pyridine rings is 1. The van der Waals surface area contributed by atoms with Gasteiger partial charge in [-0.25, -0.2) is 14.2 Å². The minimum atomic E-state index is -0.430. The van der Waals surface area contributed by atoms with Crippen molar-refractivity contribution >= 4 is 5.97 Å². The Hall–Kier alpha value is -2.43. The second-order valence-corrected chi connectivity index (χ2v) is 3.99. The van der Waals surface area contributed by atoms with Crippen LogP contribution in [0.1, 0.15) is 22.8 Å². The molecule has 0 bridgehead atoms. The van der Waals surface area contributed by atoms with Gasteiger partial charge < -0.3 is 9.47 Å². The molecule has 0 amide bonds. The lowest BCUT2D eigenvalue weighted by Gasteiger charge is -2.07. The summed E-state index contributed by atoms with van der Waals surface area (Å²) in [5.41, 5.74) is 0.800. The molecule has 104 valence electrons. The summed E-state index contributed by atoms with van der Waals surface area (Å²) in [7, 11) is 0. The number of carbonyl (C=O) groups excluding carboxylic acids is 1. The third-order valence-electron chi connectivity index (χ3n) is 2.58. The molecule has 2 aromatic rings. The lowest BCUT2D eigenvalue weighted by Crippen LogP contribution is -2.05. The van der Waals surface area contributed by atoms with E-state index in [1.54, 1.807) is 37.3 Å². The van der Waals surface area contributed by atoms with E-state index in [1.165, 1.54) is 12.3 Å². The normalized spacial score (nSPS) is 10.1. The predicted molar refractivity (Wildman–Crippen MR) is 70.9 cm³/mol. The smallest absolute Gasteiger partial charge is 0.339 e. The van der Waals surface area contributed by atoms with Crippen LogP contribution >= 0.6 is 0 Å². The van der Waals surface area contributed by atoms with Crippen LogP contribution in [0.5, 0.6) is 5.88 Å². The van der Waals surface area contributed by atoms with Crippen molar-refractivity contribution in [1.82, 2.24) is 4.98 Å². The maximum atomic E-state index is 13.4. The number of ether oxygens (including phenoxy) is 2. The Morgan fingerprint density at radius 1 is 1.25 bits per heavy atom. The Balaban J connectivity index is 1.98. The van der Waals surface area contributed by atoms with Crippen LogP contribution < -0.4 is 4.74 Å². The minimum Gasteiger partial charge on any atom is -0.473 e. The second kappa shape index (κ2) is 6.65. The highest BCUT2D eigenvalue weighted by molar-refractivity contribution is 5.89. The third kappa shape index (κ3) is 3.54. The molecule has 0 saturated carbocycles. The molecule has 0 aliphatic carbocycles. The highest BCUT2D eigenvalue weighted by atomic mass is 19.1. The molecule has 0 fully saturated rings. The quantitative estimate of drug-likeness (QED) is 0.787. The van der Waals surface area contributed by atoms with Crippen molar-refractivity contribution in [3.8, 4) is 5.88 Å². The van der Waals surface area contributed by atoms with Gasteiger partial charge >= 0.3 is 5.97 Å². The maximum Gasteiger partial charge on any atom is 0.339 e. The molecule has 20 heavy (non-hydrogen) atoms. The van der Waals surface area contributed by atoms with Gasteiger partial charge in [0, 0.05) is 17.8 Å². The molecule has 1 aromatic carbocycles. The Morgan fingerprint density at radius 2 is 2.05 bits per heavy atom. The summed E-state index contributed by atoms with van der Waals surface area (Å²) >= 11 is 0. The van der Waals surface area contributed by atoms with Crippen LogP contribution in [0, 0.1) is 5.82 Å². The van der Waals surface area contributed by atoms with Crippen LogP contribution in [0.2, 0.25) is 0 Å². The van der Waals surface area contributed by atoms with Crippen LogP contribution in [-0.4, -0.2) is 17.6 Å². The standard InChI is InChI=1S/C15H14FNO3/c1-2-19-15(18)11-7-8-14(17-9-11)20-10-12-5-3-4-6-13(12)16/h3-9H,2,10H2,1H3. The van der Waals surface area contributed by atoms with Gasteiger partial charge in [0.2, 0.25) is 5.88 Å². The Morgan fingerprint density at radius 3 is 2.70 bits per heavy atom. The zero-order valence-electron chi connectivity index (χ0n) is 11.0. The van der Waals surface area contributed by atoms with E-state index < -0.39 is 5.97 Å². The highest BCUT2D eigenvalue weighted by Crippen LogP contribution is 2.13. The van der Waals surface area contributed by atoms with Crippen molar-refractivity contribution in [3.05, 3.63) is 59.5 Å². The zero-order valence-corrected chi connectivity index (χ0v) is 11.0. The van der Waals surface area contributed by atoms with Gasteiger partial charge in [-0.2, -0.15) is 0 Å². The van der Waals surface area contributed by atoms with Gasteiger partial charge in [0.15, 0.2) is 0 Å². The number of halogens is 1. The molecule has 0 aliphatic rings. The van der Waals surface area contributed by atoms with Gasteiger partial charge in [0.05, 0.1) is 12.2 Å². The molecule has 1 heterocycles. The van der Waals surface area contributed by atoms with E-state index in [9.17, 15) is 9.18 Å². The van der Waals surface area contributed by atoms with Gasteiger partial charge in [-0.15, -0.1) is 0 Å². The molecule has 1 aromatic heterocycles.